The van der Waals surface area contributed by atoms with E-state index in [0.29, 0.717) is 12.8 Å². The number of hydrogen-bond donors (Lipinski definition) is 2. The fourth-order valence-electron chi connectivity index (χ4n) is 0.788. The fraction of sp³-hybridized carbons (Fsp3) is 0.857. The predicted molar refractivity (Wildman–Crippen MR) is 46.8 cm³/mol. The maximum atomic E-state index is 10.7. The van der Waals surface area contributed by atoms with Crippen LogP contribution in [0.15, 0.2) is 0 Å². The summed E-state index contributed by atoms with van der Waals surface area (Å²) in [4.78, 5) is 19.0. The zero-order valence-electron chi connectivity index (χ0n) is 7.33. The van der Waals surface area contributed by atoms with E-state index in [4.69, 9.17) is 10.00 Å². The Morgan fingerprint density at radius 3 is 2.33 bits per heavy atom. The van der Waals surface area contributed by atoms with Gasteiger partial charge in [0, 0.05) is 11.6 Å². The summed E-state index contributed by atoms with van der Waals surface area (Å²) in [5.74, 6) is -0.858. The van der Waals surface area contributed by atoms with Crippen LogP contribution < -0.4 is 0 Å². The lowest BCUT2D eigenvalue weighted by molar-refractivity contribution is -0.137. The van der Waals surface area contributed by atoms with E-state index in [1.54, 1.807) is 13.8 Å². The van der Waals surface area contributed by atoms with Gasteiger partial charge in [0.05, 0.1) is 0 Å². The molecule has 0 radical (unpaired) electrons. The molecule has 0 saturated heterocycles. The first kappa shape index (κ1) is 11.7. The molecular formula is C7H15O4P. The van der Waals surface area contributed by atoms with Crippen molar-refractivity contribution in [2.75, 3.05) is 0 Å². The van der Waals surface area contributed by atoms with E-state index in [1.165, 1.54) is 0 Å². The molecular weight excluding hydrogens is 179 g/mol. The van der Waals surface area contributed by atoms with Gasteiger partial charge in [-0.25, -0.2) is 0 Å². The molecule has 0 aromatic carbocycles. The molecule has 0 aliphatic carbocycles. The van der Waals surface area contributed by atoms with Crippen molar-refractivity contribution in [3.8, 4) is 0 Å². The number of aliphatic carboxylic acids is 1. The Morgan fingerprint density at radius 1 is 1.50 bits per heavy atom. The zero-order chi connectivity index (χ0) is 9.78. The maximum absolute atomic E-state index is 10.7. The van der Waals surface area contributed by atoms with Crippen molar-refractivity contribution in [3.63, 3.8) is 0 Å². The SMILES string of the molecule is CC(C)(CCCC(=O)O)[PH](=O)O. The summed E-state index contributed by atoms with van der Waals surface area (Å²) in [5, 5.41) is 7.69. The third-order valence-electron chi connectivity index (χ3n) is 1.77. The molecule has 0 aromatic heterocycles. The summed E-state index contributed by atoms with van der Waals surface area (Å²) in [6.45, 7) is 3.35. The van der Waals surface area contributed by atoms with Gasteiger partial charge in [0.1, 0.15) is 0 Å². The molecule has 5 heteroatoms. The number of rotatable bonds is 5. The van der Waals surface area contributed by atoms with E-state index in [-0.39, 0.29) is 6.42 Å². The molecule has 0 heterocycles. The highest BCUT2D eigenvalue weighted by atomic mass is 31.1. The molecule has 0 fully saturated rings. The highest BCUT2D eigenvalue weighted by molar-refractivity contribution is 7.39. The van der Waals surface area contributed by atoms with Gasteiger partial charge in [0.2, 0.25) is 0 Å². The molecule has 0 aliphatic rings. The first-order chi connectivity index (χ1) is 5.36. The van der Waals surface area contributed by atoms with Crippen LogP contribution in [0.3, 0.4) is 0 Å². The molecule has 0 bridgehead atoms. The van der Waals surface area contributed by atoms with Crippen molar-refractivity contribution >= 4 is 14.0 Å². The van der Waals surface area contributed by atoms with Crippen LogP contribution in [0, 0.1) is 0 Å². The maximum Gasteiger partial charge on any atom is 0.303 e. The van der Waals surface area contributed by atoms with E-state index in [2.05, 4.69) is 0 Å². The molecule has 1 atom stereocenters. The van der Waals surface area contributed by atoms with Gasteiger partial charge in [0.15, 0.2) is 8.03 Å². The van der Waals surface area contributed by atoms with E-state index in [1.807, 2.05) is 0 Å². The molecule has 0 aromatic rings. The Bertz CT molecular complexity index is 188. The van der Waals surface area contributed by atoms with Crippen molar-refractivity contribution in [2.24, 2.45) is 0 Å². The molecule has 0 aliphatic heterocycles. The average Bonchev–Trinajstić information content (AvgIpc) is 1.85. The van der Waals surface area contributed by atoms with Gasteiger partial charge in [0.25, 0.3) is 0 Å². The Kier molecular flexibility index (Phi) is 4.50. The average molecular weight is 194 g/mol. The zero-order valence-corrected chi connectivity index (χ0v) is 8.33. The highest BCUT2D eigenvalue weighted by Crippen LogP contribution is 2.38. The summed E-state index contributed by atoms with van der Waals surface area (Å²) in [7, 11) is -2.55. The topological polar surface area (TPSA) is 74.6 Å². The quantitative estimate of drug-likeness (QED) is 0.650. The van der Waals surface area contributed by atoms with Crippen LogP contribution in [-0.2, 0) is 9.36 Å². The second-order valence-corrected chi connectivity index (χ2v) is 5.40. The molecule has 12 heavy (non-hydrogen) atoms. The summed E-state index contributed by atoms with van der Waals surface area (Å²) in [6, 6.07) is 0. The minimum absolute atomic E-state index is 0.0680. The molecule has 0 spiro atoms. The van der Waals surface area contributed by atoms with Gasteiger partial charge in [-0.2, -0.15) is 0 Å². The van der Waals surface area contributed by atoms with Crippen LogP contribution in [0.2, 0.25) is 0 Å². The summed E-state index contributed by atoms with van der Waals surface area (Å²) < 4.78 is 10.7. The molecule has 4 nitrogen and oxygen atoms in total. The summed E-state index contributed by atoms with van der Waals surface area (Å²) in [5.41, 5.74) is 0. The first-order valence-corrected chi connectivity index (χ1v) is 5.17. The Morgan fingerprint density at radius 2 is 2.00 bits per heavy atom. The van der Waals surface area contributed by atoms with Crippen molar-refractivity contribution < 1.29 is 19.4 Å². The van der Waals surface area contributed by atoms with Crippen molar-refractivity contribution in [1.29, 1.82) is 0 Å². The predicted octanol–water partition coefficient (Wildman–Crippen LogP) is 1.49. The molecule has 72 valence electrons. The van der Waals surface area contributed by atoms with Crippen LogP contribution in [0.4, 0.5) is 0 Å². The Labute approximate surface area is 72.5 Å². The normalized spacial score (nSPS) is 14.2. The van der Waals surface area contributed by atoms with Crippen molar-refractivity contribution in [1.82, 2.24) is 0 Å². The van der Waals surface area contributed by atoms with Gasteiger partial charge in [-0.15, -0.1) is 0 Å². The van der Waals surface area contributed by atoms with Gasteiger partial charge in [-0.3, -0.25) is 9.36 Å². The number of hydrogen-bond acceptors (Lipinski definition) is 2. The minimum atomic E-state index is -2.55. The second-order valence-electron chi connectivity index (χ2n) is 3.44. The van der Waals surface area contributed by atoms with Crippen LogP contribution >= 0.6 is 8.03 Å². The summed E-state index contributed by atoms with van der Waals surface area (Å²) in [6.07, 6.45) is 1.01. The lowest BCUT2D eigenvalue weighted by Crippen LogP contribution is -2.14. The van der Waals surface area contributed by atoms with Crippen LogP contribution in [0.1, 0.15) is 33.1 Å². The van der Waals surface area contributed by atoms with Crippen LogP contribution in [-0.4, -0.2) is 21.1 Å². The van der Waals surface area contributed by atoms with Gasteiger partial charge >= 0.3 is 5.97 Å². The van der Waals surface area contributed by atoms with E-state index in [9.17, 15) is 9.36 Å². The van der Waals surface area contributed by atoms with E-state index >= 15 is 0 Å². The lowest BCUT2D eigenvalue weighted by atomic mass is 10.1. The van der Waals surface area contributed by atoms with Crippen LogP contribution in [0.5, 0.6) is 0 Å². The van der Waals surface area contributed by atoms with Gasteiger partial charge < -0.3 is 10.00 Å². The van der Waals surface area contributed by atoms with E-state index in [0.717, 1.165) is 0 Å². The fourth-order valence-corrected chi connectivity index (χ4v) is 1.18. The second kappa shape index (κ2) is 4.63. The molecule has 1 unspecified atom stereocenters. The molecule has 0 rings (SSSR count). The highest BCUT2D eigenvalue weighted by Gasteiger charge is 2.23. The number of carbonyl (C=O) groups is 1. The third kappa shape index (κ3) is 4.52. The summed E-state index contributed by atoms with van der Waals surface area (Å²) >= 11 is 0. The molecule has 2 N–H and O–H groups in total. The lowest BCUT2D eigenvalue weighted by Gasteiger charge is -2.19. The number of carboxylic acids is 1. The minimum Gasteiger partial charge on any atom is -0.481 e. The van der Waals surface area contributed by atoms with Crippen molar-refractivity contribution in [3.05, 3.63) is 0 Å². The van der Waals surface area contributed by atoms with E-state index < -0.39 is 19.2 Å². The van der Waals surface area contributed by atoms with Gasteiger partial charge in [-0.05, 0) is 12.8 Å². The van der Waals surface area contributed by atoms with Gasteiger partial charge in [-0.1, -0.05) is 13.8 Å². The standard InChI is InChI=1S/C7H15O4P/c1-7(2,12(10)11)5-3-4-6(8)9/h12H,3-5H2,1-2H3,(H,8,9)(H,10,11). The van der Waals surface area contributed by atoms with Crippen LogP contribution in [0.25, 0.3) is 0 Å². The molecule has 0 amide bonds. The monoisotopic (exact) mass is 194 g/mol. The first-order valence-electron chi connectivity index (χ1n) is 3.81. The largest absolute Gasteiger partial charge is 0.481 e. The smallest absolute Gasteiger partial charge is 0.303 e. The van der Waals surface area contributed by atoms with Crippen molar-refractivity contribution in [2.45, 2.75) is 38.3 Å². The Hall–Kier alpha value is -0.340. The number of carboxylic acid groups (broad SMARTS) is 1. The third-order valence-corrected chi connectivity index (χ3v) is 3.18. The Balaban J connectivity index is 3.76. The molecule has 0 saturated carbocycles.